The van der Waals surface area contributed by atoms with Crippen LogP contribution in [0.25, 0.3) is 0 Å². The van der Waals surface area contributed by atoms with Crippen LogP contribution in [0.15, 0.2) is 0 Å². The lowest BCUT2D eigenvalue weighted by atomic mass is 10.0. The lowest BCUT2D eigenvalue weighted by molar-refractivity contribution is -0.129. The molecule has 88 valence electrons. The molecule has 0 radical (unpaired) electrons. The summed E-state index contributed by atoms with van der Waals surface area (Å²) < 4.78 is 5.26. The van der Waals surface area contributed by atoms with E-state index in [9.17, 15) is 4.79 Å². The second-order valence-corrected chi connectivity index (χ2v) is 4.80. The molecule has 5 nitrogen and oxygen atoms in total. The Morgan fingerprint density at radius 2 is 2.38 bits per heavy atom. The van der Waals surface area contributed by atoms with Crippen molar-refractivity contribution in [1.29, 1.82) is 5.26 Å². The summed E-state index contributed by atoms with van der Waals surface area (Å²) in [4.78, 5) is 13.3. The van der Waals surface area contributed by atoms with Gasteiger partial charge in [0.25, 0.3) is 0 Å². The van der Waals surface area contributed by atoms with Gasteiger partial charge in [-0.05, 0) is 18.3 Å². The number of carbonyl (C=O) groups is 1. The zero-order valence-corrected chi connectivity index (χ0v) is 9.32. The molecule has 1 unspecified atom stereocenters. The minimum absolute atomic E-state index is 0.125. The number of nitriles is 1. The predicted octanol–water partition coefficient (Wildman–Crippen LogP) is -0.134. The number of carbonyl (C=O) groups excluding carboxylic acids is 1. The van der Waals surface area contributed by atoms with Gasteiger partial charge in [-0.2, -0.15) is 5.26 Å². The number of morpholine rings is 1. The Morgan fingerprint density at radius 1 is 1.62 bits per heavy atom. The van der Waals surface area contributed by atoms with Gasteiger partial charge < -0.3 is 10.5 Å². The van der Waals surface area contributed by atoms with Gasteiger partial charge in [0.2, 0.25) is 5.91 Å². The Kier molecular flexibility index (Phi) is 3.13. The largest absolute Gasteiger partial charge is 0.378 e. The molecule has 1 amide bonds. The quantitative estimate of drug-likeness (QED) is 0.719. The number of rotatable bonds is 4. The normalized spacial score (nSPS) is 28.3. The fourth-order valence-corrected chi connectivity index (χ4v) is 2.26. The monoisotopic (exact) mass is 223 g/mol. The van der Waals surface area contributed by atoms with Crippen molar-refractivity contribution in [3.8, 4) is 6.07 Å². The molecule has 2 fully saturated rings. The van der Waals surface area contributed by atoms with Crippen LogP contribution in [0.5, 0.6) is 0 Å². The highest BCUT2D eigenvalue weighted by Gasteiger charge is 2.45. The highest BCUT2D eigenvalue weighted by Crippen LogP contribution is 2.49. The molecular formula is C11H17N3O2. The first-order chi connectivity index (χ1) is 7.67. The minimum atomic E-state index is -0.326. The van der Waals surface area contributed by atoms with E-state index < -0.39 is 0 Å². The molecule has 16 heavy (non-hydrogen) atoms. The summed E-state index contributed by atoms with van der Waals surface area (Å²) in [6, 6.07) is 1.92. The fraction of sp³-hybridized carbons (Fsp3) is 0.818. The molecule has 2 N–H and O–H groups in total. The third-order valence-corrected chi connectivity index (χ3v) is 3.52. The fourth-order valence-electron chi connectivity index (χ4n) is 2.26. The lowest BCUT2D eigenvalue weighted by Gasteiger charge is -2.35. The highest BCUT2D eigenvalue weighted by molar-refractivity contribution is 5.80. The van der Waals surface area contributed by atoms with Gasteiger partial charge in [0.05, 0.1) is 19.3 Å². The van der Waals surface area contributed by atoms with Crippen molar-refractivity contribution in [2.24, 2.45) is 11.1 Å². The molecule has 2 rings (SSSR count). The standard InChI is InChI=1S/C11H17N3O2/c12-4-3-11(1-2-11)8-14-5-6-16-7-9(14)10(13)15/h9H,1-3,5-8H2,(H2,13,15). The second kappa shape index (κ2) is 4.40. The number of hydrogen-bond donors (Lipinski definition) is 1. The van der Waals surface area contributed by atoms with Crippen molar-refractivity contribution in [3.05, 3.63) is 0 Å². The second-order valence-electron chi connectivity index (χ2n) is 4.80. The molecule has 0 spiro atoms. The molecule has 2 aliphatic rings. The molecule has 1 aliphatic heterocycles. The number of nitrogens with zero attached hydrogens (tertiary/aromatic N) is 2. The van der Waals surface area contributed by atoms with Gasteiger partial charge in [0.15, 0.2) is 0 Å². The van der Waals surface area contributed by atoms with E-state index in [4.69, 9.17) is 15.7 Å². The molecule has 5 heteroatoms. The van der Waals surface area contributed by atoms with Gasteiger partial charge in [0.1, 0.15) is 6.04 Å². The number of ether oxygens (including phenoxy) is 1. The molecule has 1 heterocycles. The summed E-state index contributed by atoms with van der Waals surface area (Å²) in [7, 11) is 0. The zero-order valence-electron chi connectivity index (χ0n) is 9.32. The third kappa shape index (κ3) is 2.34. The summed E-state index contributed by atoms with van der Waals surface area (Å²) in [5.74, 6) is -0.326. The van der Waals surface area contributed by atoms with E-state index in [2.05, 4.69) is 11.0 Å². The van der Waals surface area contributed by atoms with Crippen LogP contribution in [0.3, 0.4) is 0 Å². The van der Waals surface area contributed by atoms with Crippen LogP contribution in [0.2, 0.25) is 0 Å². The van der Waals surface area contributed by atoms with Gasteiger partial charge in [-0.3, -0.25) is 9.69 Å². The first-order valence-corrected chi connectivity index (χ1v) is 5.65. The van der Waals surface area contributed by atoms with E-state index in [1.54, 1.807) is 0 Å². The average Bonchev–Trinajstić information content (AvgIpc) is 2.99. The van der Waals surface area contributed by atoms with Crippen LogP contribution in [-0.2, 0) is 9.53 Å². The smallest absolute Gasteiger partial charge is 0.237 e. The Bertz CT molecular complexity index is 320. The van der Waals surface area contributed by atoms with Gasteiger partial charge in [0, 0.05) is 19.5 Å². The molecule has 0 aromatic rings. The summed E-state index contributed by atoms with van der Waals surface area (Å²) in [5.41, 5.74) is 5.47. The molecule has 1 atom stereocenters. The van der Waals surface area contributed by atoms with Gasteiger partial charge in [-0.25, -0.2) is 0 Å². The Balaban J connectivity index is 1.97. The maximum absolute atomic E-state index is 11.3. The van der Waals surface area contributed by atoms with Crippen molar-refractivity contribution < 1.29 is 9.53 Å². The summed E-state index contributed by atoms with van der Waals surface area (Å²) in [6.07, 6.45) is 2.75. The molecule has 0 aromatic carbocycles. The van der Waals surface area contributed by atoms with Gasteiger partial charge in [-0.1, -0.05) is 0 Å². The highest BCUT2D eigenvalue weighted by atomic mass is 16.5. The van der Waals surface area contributed by atoms with E-state index in [-0.39, 0.29) is 17.4 Å². The van der Waals surface area contributed by atoms with Crippen molar-refractivity contribution >= 4 is 5.91 Å². The van der Waals surface area contributed by atoms with E-state index in [1.165, 1.54) is 0 Å². The first-order valence-electron chi connectivity index (χ1n) is 5.65. The van der Waals surface area contributed by atoms with E-state index in [0.717, 1.165) is 25.9 Å². The Labute approximate surface area is 95.1 Å². The van der Waals surface area contributed by atoms with Crippen LogP contribution >= 0.6 is 0 Å². The van der Waals surface area contributed by atoms with Crippen LogP contribution < -0.4 is 5.73 Å². The Morgan fingerprint density at radius 3 is 2.94 bits per heavy atom. The lowest BCUT2D eigenvalue weighted by Crippen LogP contribution is -2.53. The molecule has 1 saturated carbocycles. The van der Waals surface area contributed by atoms with E-state index in [0.29, 0.717) is 19.6 Å². The predicted molar refractivity (Wildman–Crippen MR) is 57.3 cm³/mol. The molecule has 1 aliphatic carbocycles. The SMILES string of the molecule is N#CCC1(CN2CCOCC2C(N)=O)CC1. The number of hydrogen-bond acceptors (Lipinski definition) is 4. The van der Waals surface area contributed by atoms with Crippen LogP contribution in [-0.4, -0.2) is 43.2 Å². The number of amides is 1. The van der Waals surface area contributed by atoms with Crippen molar-refractivity contribution in [3.63, 3.8) is 0 Å². The summed E-state index contributed by atoms with van der Waals surface area (Å²) in [6.45, 7) is 2.57. The van der Waals surface area contributed by atoms with Crippen LogP contribution in [0.1, 0.15) is 19.3 Å². The summed E-state index contributed by atoms with van der Waals surface area (Å²) >= 11 is 0. The number of nitrogens with two attached hydrogens (primary N) is 1. The summed E-state index contributed by atoms with van der Waals surface area (Å²) in [5, 5.41) is 8.76. The maximum atomic E-state index is 11.3. The molecule has 1 saturated heterocycles. The Hall–Kier alpha value is -1.12. The van der Waals surface area contributed by atoms with E-state index in [1.807, 2.05) is 0 Å². The average molecular weight is 223 g/mol. The van der Waals surface area contributed by atoms with Crippen LogP contribution in [0.4, 0.5) is 0 Å². The maximum Gasteiger partial charge on any atom is 0.237 e. The van der Waals surface area contributed by atoms with Crippen molar-refractivity contribution in [2.75, 3.05) is 26.3 Å². The number of primary amides is 1. The van der Waals surface area contributed by atoms with Gasteiger partial charge in [-0.15, -0.1) is 0 Å². The molecular weight excluding hydrogens is 206 g/mol. The van der Waals surface area contributed by atoms with Crippen LogP contribution in [0, 0.1) is 16.7 Å². The molecule has 0 bridgehead atoms. The zero-order chi connectivity index (χ0) is 11.6. The third-order valence-electron chi connectivity index (χ3n) is 3.52. The van der Waals surface area contributed by atoms with Crippen molar-refractivity contribution in [1.82, 2.24) is 4.90 Å². The minimum Gasteiger partial charge on any atom is -0.378 e. The first kappa shape index (κ1) is 11.4. The van der Waals surface area contributed by atoms with Crippen molar-refractivity contribution in [2.45, 2.75) is 25.3 Å². The van der Waals surface area contributed by atoms with E-state index >= 15 is 0 Å². The van der Waals surface area contributed by atoms with Gasteiger partial charge >= 0.3 is 0 Å². The topological polar surface area (TPSA) is 79.3 Å². The molecule has 0 aromatic heterocycles.